The molecule has 0 unspecified atom stereocenters. The molecule has 184 valence electrons. The summed E-state index contributed by atoms with van der Waals surface area (Å²) in [5.74, 6) is 0.505. The first-order chi connectivity index (χ1) is 18.7. The highest BCUT2D eigenvalue weighted by Gasteiger charge is 2.24. The van der Waals surface area contributed by atoms with E-state index >= 15 is 0 Å². The van der Waals surface area contributed by atoms with Gasteiger partial charge in [0, 0.05) is 34.2 Å². The number of ether oxygens (including phenoxy) is 2. The fourth-order valence-electron chi connectivity index (χ4n) is 4.98. The molecule has 2 aromatic carbocycles. The average molecular weight is 503 g/mol. The summed E-state index contributed by atoms with van der Waals surface area (Å²) < 4.78 is 12.0. The maximum Gasteiger partial charge on any atom is 0.244 e. The van der Waals surface area contributed by atoms with E-state index in [2.05, 4.69) is 34.9 Å². The van der Waals surface area contributed by atoms with Gasteiger partial charge in [0.1, 0.15) is 17.6 Å². The van der Waals surface area contributed by atoms with Crippen LogP contribution in [0.4, 0.5) is 0 Å². The number of hydrogen-bond donors (Lipinski definition) is 6. The lowest BCUT2D eigenvalue weighted by molar-refractivity contribution is 0.399. The number of aromatic nitrogens is 7. The monoisotopic (exact) mass is 503 g/mol. The highest BCUT2D eigenvalue weighted by atomic mass is 16.5. The van der Waals surface area contributed by atoms with Gasteiger partial charge in [0.15, 0.2) is 11.5 Å². The highest BCUT2D eigenvalue weighted by Crippen LogP contribution is 2.45. The third-order valence-corrected chi connectivity index (χ3v) is 6.70. The van der Waals surface area contributed by atoms with Crippen molar-refractivity contribution in [2.24, 2.45) is 0 Å². The van der Waals surface area contributed by atoms with Crippen molar-refractivity contribution >= 4 is 43.9 Å². The molecule has 0 spiro atoms. The van der Waals surface area contributed by atoms with Crippen LogP contribution >= 0.6 is 0 Å². The van der Waals surface area contributed by atoms with Gasteiger partial charge >= 0.3 is 0 Å². The lowest BCUT2D eigenvalue weighted by Gasteiger charge is -2.06. The first kappa shape index (κ1) is 20.5. The van der Waals surface area contributed by atoms with Crippen LogP contribution in [0.2, 0.25) is 0 Å². The van der Waals surface area contributed by atoms with E-state index in [1.165, 1.54) is 6.33 Å². The van der Waals surface area contributed by atoms with Gasteiger partial charge in [0.25, 0.3) is 0 Å². The van der Waals surface area contributed by atoms with Gasteiger partial charge in [-0.15, -0.1) is 0 Å². The Kier molecular flexibility index (Phi) is 3.99. The van der Waals surface area contributed by atoms with Crippen LogP contribution in [-0.2, 0) is 0 Å². The number of nitrogens with zero attached hydrogens (tertiary/aromatic N) is 3. The zero-order valence-electron chi connectivity index (χ0n) is 19.4. The summed E-state index contributed by atoms with van der Waals surface area (Å²) in [6, 6.07) is 15.3. The van der Waals surface area contributed by atoms with Crippen LogP contribution in [0.25, 0.3) is 55.0 Å². The van der Waals surface area contributed by atoms with Crippen molar-refractivity contribution in [3.63, 3.8) is 0 Å². The average Bonchev–Trinajstić information content (AvgIpc) is 3.71. The number of aromatic hydroxyl groups is 2. The van der Waals surface area contributed by atoms with Gasteiger partial charge in [-0.1, -0.05) is 36.4 Å². The smallest absolute Gasteiger partial charge is 0.244 e. The van der Waals surface area contributed by atoms with Crippen LogP contribution in [0.15, 0.2) is 67.3 Å². The van der Waals surface area contributed by atoms with E-state index in [0.717, 1.165) is 21.8 Å². The maximum absolute atomic E-state index is 10.9. The second-order valence-electron chi connectivity index (χ2n) is 8.87. The number of fused-ring (bicyclic) bond motifs is 7. The normalized spacial score (nSPS) is 11.9. The number of aromatic amines is 4. The summed E-state index contributed by atoms with van der Waals surface area (Å²) >= 11 is 0. The molecule has 2 aliphatic rings. The van der Waals surface area contributed by atoms with Crippen molar-refractivity contribution in [3.8, 4) is 46.1 Å². The highest BCUT2D eigenvalue weighted by molar-refractivity contribution is 6.11. The van der Waals surface area contributed by atoms with Crippen LogP contribution in [-0.4, -0.2) is 45.1 Å². The lowest BCUT2D eigenvalue weighted by Crippen LogP contribution is -1.90. The van der Waals surface area contributed by atoms with Crippen LogP contribution in [0.3, 0.4) is 0 Å². The molecule has 8 rings (SSSR count). The number of benzene rings is 2. The standard InChI is InChI=1S/C27H17N7O4/c35-20-18-12-5-1-3-7-16(12)31-22(18)33-26(20)37-24-14-9-28-10-15(14)25(30-11-29-24)38-27-21(36)19-13-6-2-4-8-17(13)32-23(19)34-27/h1-11,31-36H. The predicted octanol–water partition coefficient (Wildman–Crippen LogP) is 5.90. The van der Waals surface area contributed by atoms with Gasteiger partial charge < -0.3 is 39.6 Å². The molecule has 11 nitrogen and oxygen atoms in total. The van der Waals surface area contributed by atoms with Crippen molar-refractivity contribution in [2.75, 3.05) is 0 Å². The molecule has 6 N–H and O–H groups in total. The molecular weight excluding hydrogens is 486 g/mol. The molecular formula is C27H17N7O4. The molecule has 11 heteroatoms. The number of hydrogen-bond acceptors (Lipinski definition) is 7. The van der Waals surface area contributed by atoms with Crippen molar-refractivity contribution in [1.82, 2.24) is 34.9 Å². The summed E-state index contributed by atoms with van der Waals surface area (Å²) in [5, 5.41) is 24.8. The van der Waals surface area contributed by atoms with Crippen molar-refractivity contribution < 1.29 is 19.7 Å². The number of rotatable bonds is 4. The fraction of sp³-hybridized carbons (Fsp3) is 0. The van der Waals surface area contributed by atoms with E-state index in [9.17, 15) is 10.2 Å². The van der Waals surface area contributed by atoms with E-state index in [1.807, 2.05) is 48.5 Å². The van der Waals surface area contributed by atoms with Gasteiger partial charge in [-0.3, -0.25) is 4.98 Å². The summed E-state index contributed by atoms with van der Waals surface area (Å²) in [5.41, 5.74) is 4.05. The maximum atomic E-state index is 10.9. The van der Waals surface area contributed by atoms with E-state index in [1.54, 1.807) is 12.4 Å². The fourth-order valence-corrected chi connectivity index (χ4v) is 4.98. The Balaban J connectivity index is 1.17. The van der Waals surface area contributed by atoms with Crippen molar-refractivity contribution in [1.29, 1.82) is 0 Å². The molecule has 4 aromatic heterocycles. The molecule has 0 bridgehead atoms. The Labute approximate surface area is 212 Å². The van der Waals surface area contributed by atoms with E-state index < -0.39 is 0 Å². The second-order valence-corrected chi connectivity index (χ2v) is 8.87. The number of nitrogens with one attached hydrogen (secondary N) is 4. The molecule has 0 radical (unpaired) electrons. The SMILES string of the molecule is Oc1c(Oc2ncnc(Oc3[nH]c4[nH]c5ccccc5c4c3O)c3cncc2-3)[nH]c2[nH]c3ccccc3c12. The Morgan fingerprint density at radius 2 is 1.08 bits per heavy atom. The molecule has 0 fully saturated rings. The first-order valence-corrected chi connectivity index (χ1v) is 11.7. The minimum Gasteiger partial charge on any atom is -0.503 e. The Hall–Kier alpha value is -5.71. The Bertz CT molecular complexity index is 1990. The third kappa shape index (κ3) is 2.80. The van der Waals surface area contributed by atoms with E-state index in [-0.39, 0.29) is 35.0 Å². The van der Waals surface area contributed by atoms with Gasteiger partial charge in [0.2, 0.25) is 23.5 Å². The molecule has 0 atom stereocenters. The summed E-state index contributed by atoms with van der Waals surface area (Å²) in [7, 11) is 0. The van der Waals surface area contributed by atoms with Gasteiger partial charge in [-0.2, -0.15) is 0 Å². The first-order valence-electron chi connectivity index (χ1n) is 11.7. The van der Waals surface area contributed by atoms with Crippen molar-refractivity contribution in [2.45, 2.75) is 0 Å². The third-order valence-electron chi connectivity index (χ3n) is 6.70. The van der Waals surface area contributed by atoms with Gasteiger partial charge in [-0.25, -0.2) is 9.97 Å². The van der Waals surface area contributed by atoms with Crippen LogP contribution in [0.1, 0.15) is 0 Å². The molecule has 0 amide bonds. The number of para-hydroxylation sites is 2. The minimum absolute atomic E-state index is 0.0403. The van der Waals surface area contributed by atoms with E-state index in [4.69, 9.17) is 9.47 Å². The largest absolute Gasteiger partial charge is 0.503 e. The molecule has 2 aliphatic heterocycles. The van der Waals surface area contributed by atoms with Gasteiger partial charge in [-0.05, 0) is 12.1 Å². The van der Waals surface area contributed by atoms with Gasteiger partial charge in [0.05, 0.1) is 21.9 Å². The minimum atomic E-state index is -0.0403. The summed E-state index contributed by atoms with van der Waals surface area (Å²) in [6.45, 7) is 0. The predicted molar refractivity (Wildman–Crippen MR) is 140 cm³/mol. The van der Waals surface area contributed by atoms with Crippen LogP contribution < -0.4 is 9.47 Å². The molecule has 0 saturated carbocycles. The quantitative estimate of drug-likeness (QED) is 0.174. The van der Waals surface area contributed by atoms with Crippen molar-refractivity contribution in [3.05, 3.63) is 67.3 Å². The lowest BCUT2D eigenvalue weighted by atomic mass is 10.2. The molecule has 0 saturated heterocycles. The number of H-pyrrole nitrogens is 4. The van der Waals surface area contributed by atoms with Crippen LogP contribution in [0, 0.1) is 0 Å². The topological polar surface area (TPSA) is 161 Å². The zero-order chi connectivity index (χ0) is 25.4. The summed E-state index contributed by atoms with van der Waals surface area (Å²) in [4.78, 5) is 25.5. The zero-order valence-corrected chi connectivity index (χ0v) is 19.4. The molecule has 38 heavy (non-hydrogen) atoms. The Morgan fingerprint density at radius 1 is 0.605 bits per heavy atom. The second kappa shape index (κ2) is 7.40. The molecule has 6 aromatic rings. The summed E-state index contributed by atoms with van der Waals surface area (Å²) in [6.07, 6.45) is 4.42. The molecule has 0 aliphatic carbocycles. The van der Waals surface area contributed by atoms with Crippen LogP contribution in [0.5, 0.6) is 35.0 Å². The Morgan fingerprint density at radius 3 is 1.58 bits per heavy atom. The van der Waals surface area contributed by atoms with E-state index in [0.29, 0.717) is 33.2 Å². The molecule has 6 heterocycles.